The van der Waals surface area contributed by atoms with Crippen LogP contribution >= 0.6 is 12.4 Å². The van der Waals surface area contributed by atoms with Gasteiger partial charge in [0, 0.05) is 6.54 Å². The van der Waals surface area contributed by atoms with E-state index in [4.69, 9.17) is 4.74 Å². The van der Waals surface area contributed by atoms with Gasteiger partial charge in [0.25, 0.3) is 0 Å². The van der Waals surface area contributed by atoms with Crippen molar-refractivity contribution in [1.29, 1.82) is 0 Å². The number of ether oxygens (including phenoxy) is 1. The number of methoxy groups -OCH3 is 1. The highest BCUT2D eigenvalue weighted by molar-refractivity contribution is 6.06. The minimum atomic E-state index is -0.330. The van der Waals surface area contributed by atoms with Crippen molar-refractivity contribution in [3.63, 3.8) is 0 Å². The molecular formula is C23H28ClNO2. The molecule has 1 fully saturated rings. The van der Waals surface area contributed by atoms with Crippen LogP contribution in [0.5, 0.6) is 5.75 Å². The van der Waals surface area contributed by atoms with Crippen LogP contribution in [0.15, 0.2) is 60.2 Å². The summed E-state index contributed by atoms with van der Waals surface area (Å²) in [4.78, 5) is 15.5. The van der Waals surface area contributed by atoms with Gasteiger partial charge < -0.3 is 9.64 Å². The standard InChI is InChI=1S/C23H27NO2.ClH/c1-24(2)17-23(16-19-7-5-4-6-8-19)14-13-20(22(23)25)15-18-9-11-21(26-3)12-10-18;/h4-12,15H,13-14,16-17H2,1-3H3;1H/b20-15+;. The molecule has 3 rings (SSSR count). The topological polar surface area (TPSA) is 29.5 Å². The minimum Gasteiger partial charge on any atom is -0.497 e. The van der Waals surface area contributed by atoms with Gasteiger partial charge in [-0.1, -0.05) is 42.5 Å². The lowest BCUT2D eigenvalue weighted by Gasteiger charge is -2.30. The second-order valence-electron chi connectivity index (χ2n) is 7.45. The molecule has 1 atom stereocenters. The van der Waals surface area contributed by atoms with E-state index in [1.807, 2.05) is 62.6 Å². The Morgan fingerprint density at radius 2 is 1.74 bits per heavy atom. The van der Waals surface area contributed by atoms with Gasteiger partial charge in [-0.2, -0.15) is 0 Å². The maximum Gasteiger partial charge on any atom is 0.166 e. The Hall–Kier alpha value is -2.10. The summed E-state index contributed by atoms with van der Waals surface area (Å²) in [6.07, 6.45) is 4.58. The second kappa shape index (κ2) is 9.20. The molecule has 0 heterocycles. The zero-order valence-corrected chi connectivity index (χ0v) is 17.1. The molecule has 0 amide bonds. The number of halogens is 1. The van der Waals surface area contributed by atoms with Gasteiger partial charge in [0.2, 0.25) is 0 Å². The fourth-order valence-corrected chi connectivity index (χ4v) is 3.95. The quantitative estimate of drug-likeness (QED) is 0.677. The summed E-state index contributed by atoms with van der Waals surface area (Å²) in [5.41, 5.74) is 2.89. The molecule has 1 aliphatic rings. The number of benzene rings is 2. The summed E-state index contributed by atoms with van der Waals surface area (Å²) in [5.74, 6) is 1.13. The van der Waals surface area contributed by atoms with E-state index < -0.39 is 0 Å². The number of Topliss-reactive ketones (excluding diaryl/α,β-unsaturated/α-hetero) is 1. The van der Waals surface area contributed by atoms with Gasteiger partial charge in [-0.15, -0.1) is 12.4 Å². The van der Waals surface area contributed by atoms with Crippen LogP contribution in [-0.2, 0) is 11.2 Å². The van der Waals surface area contributed by atoms with Crippen LogP contribution < -0.4 is 4.74 Å². The van der Waals surface area contributed by atoms with E-state index in [-0.39, 0.29) is 17.8 Å². The number of rotatable bonds is 6. The van der Waals surface area contributed by atoms with Crippen molar-refractivity contribution >= 4 is 24.3 Å². The molecule has 0 bridgehead atoms. The van der Waals surface area contributed by atoms with Crippen LogP contribution in [0.3, 0.4) is 0 Å². The van der Waals surface area contributed by atoms with Crippen molar-refractivity contribution in [3.8, 4) is 5.75 Å². The molecule has 4 heteroatoms. The highest BCUT2D eigenvalue weighted by Gasteiger charge is 2.44. The molecule has 1 aliphatic carbocycles. The number of allylic oxidation sites excluding steroid dienone is 1. The van der Waals surface area contributed by atoms with Gasteiger partial charge in [0.1, 0.15) is 5.75 Å². The van der Waals surface area contributed by atoms with Crippen LogP contribution in [0.25, 0.3) is 6.08 Å². The van der Waals surface area contributed by atoms with Crippen LogP contribution in [0.4, 0.5) is 0 Å². The number of ketones is 1. The Labute approximate surface area is 168 Å². The number of nitrogens with zero attached hydrogens (tertiary/aromatic N) is 1. The monoisotopic (exact) mass is 385 g/mol. The molecule has 0 spiro atoms. The molecule has 1 saturated carbocycles. The smallest absolute Gasteiger partial charge is 0.166 e. The molecule has 27 heavy (non-hydrogen) atoms. The summed E-state index contributed by atoms with van der Waals surface area (Å²) in [5, 5.41) is 0. The van der Waals surface area contributed by atoms with E-state index in [1.54, 1.807) is 7.11 Å². The fraction of sp³-hybridized carbons (Fsp3) is 0.348. The normalized spacial score (nSPS) is 20.7. The molecule has 3 nitrogen and oxygen atoms in total. The molecular weight excluding hydrogens is 358 g/mol. The largest absolute Gasteiger partial charge is 0.497 e. The first-order valence-electron chi connectivity index (χ1n) is 9.10. The highest BCUT2D eigenvalue weighted by Crippen LogP contribution is 2.42. The van der Waals surface area contributed by atoms with Gasteiger partial charge in [0.05, 0.1) is 12.5 Å². The number of carbonyl (C=O) groups is 1. The number of carbonyl (C=O) groups excluding carboxylic acids is 1. The lowest BCUT2D eigenvalue weighted by Crippen LogP contribution is -2.39. The zero-order chi connectivity index (χ0) is 18.6. The van der Waals surface area contributed by atoms with E-state index in [0.29, 0.717) is 5.78 Å². The molecule has 2 aromatic rings. The first-order chi connectivity index (χ1) is 12.5. The van der Waals surface area contributed by atoms with Crippen LogP contribution in [0, 0.1) is 5.41 Å². The Kier molecular flexibility index (Phi) is 7.23. The Morgan fingerprint density at radius 1 is 1.07 bits per heavy atom. The molecule has 0 saturated heterocycles. The Morgan fingerprint density at radius 3 is 2.33 bits per heavy atom. The van der Waals surface area contributed by atoms with Crippen molar-refractivity contribution < 1.29 is 9.53 Å². The highest BCUT2D eigenvalue weighted by atomic mass is 35.5. The predicted octanol–water partition coefficient (Wildman–Crippen LogP) is 4.65. The van der Waals surface area contributed by atoms with Crippen molar-refractivity contribution in [3.05, 3.63) is 71.3 Å². The average Bonchev–Trinajstić information content (AvgIpc) is 2.92. The number of hydrogen-bond donors (Lipinski definition) is 0. The average molecular weight is 386 g/mol. The van der Waals surface area contributed by atoms with Gasteiger partial charge >= 0.3 is 0 Å². The summed E-state index contributed by atoms with van der Waals surface area (Å²) in [6, 6.07) is 18.2. The van der Waals surface area contributed by atoms with E-state index >= 15 is 0 Å². The lowest BCUT2D eigenvalue weighted by atomic mass is 9.78. The number of hydrogen-bond acceptors (Lipinski definition) is 3. The van der Waals surface area contributed by atoms with Gasteiger partial charge in [-0.25, -0.2) is 0 Å². The molecule has 0 N–H and O–H groups in total. The first-order valence-corrected chi connectivity index (χ1v) is 9.10. The summed E-state index contributed by atoms with van der Waals surface area (Å²) in [7, 11) is 5.75. The molecule has 0 radical (unpaired) electrons. The summed E-state index contributed by atoms with van der Waals surface area (Å²) in [6.45, 7) is 0.778. The third kappa shape index (κ3) is 5.00. The van der Waals surface area contributed by atoms with E-state index in [1.165, 1.54) is 5.56 Å². The molecule has 2 aromatic carbocycles. The molecule has 144 valence electrons. The summed E-state index contributed by atoms with van der Waals surface area (Å²) < 4.78 is 5.21. The van der Waals surface area contributed by atoms with Crippen molar-refractivity contribution in [2.24, 2.45) is 5.41 Å². The van der Waals surface area contributed by atoms with Crippen LogP contribution in [-0.4, -0.2) is 38.4 Å². The van der Waals surface area contributed by atoms with Crippen LogP contribution in [0.1, 0.15) is 24.0 Å². The lowest BCUT2D eigenvalue weighted by molar-refractivity contribution is -0.123. The SMILES string of the molecule is COc1ccc(/C=C2\CCC(Cc3ccccc3)(CN(C)C)C2=O)cc1.Cl. The minimum absolute atomic E-state index is 0. The Balaban J connectivity index is 0.00000261. The van der Waals surface area contributed by atoms with Crippen molar-refractivity contribution in [1.82, 2.24) is 4.90 Å². The van der Waals surface area contributed by atoms with E-state index in [9.17, 15) is 4.79 Å². The van der Waals surface area contributed by atoms with Gasteiger partial charge in [-0.05, 0) is 68.3 Å². The fourth-order valence-electron chi connectivity index (χ4n) is 3.95. The third-order valence-electron chi connectivity index (χ3n) is 5.11. The maximum absolute atomic E-state index is 13.4. The molecule has 1 unspecified atom stereocenters. The third-order valence-corrected chi connectivity index (χ3v) is 5.11. The molecule has 0 aliphatic heterocycles. The van der Waals surface area contributed by atoms with E-state index in [0.717, 1.165) is 42.7 Å². The van der Waals surface area contributed by atoms with E-state index in [2.05, 4.69) is 17.0 Å². The first kappa shape index (κ1) is 21.2. The molecule has 0 aromatic heterocycles. The van der Waals surface area contributed by atoms with Crippen LogP contribution in [0.2, 0.25) is 0 Å². The summed E-state index contributed by atoms with van der Waals surface area (Å²) >= 11 is 0. The van der Waals surface area contributed by atoms with Gasteiger partial charge in [-0.3, -0.25) is 4.79 Å². The van der Waals surface area contributed by atoms with Crippen molar-refractivity contribution in [2.45, 2.75) is 19.3 Å². The second-order valence-corrected chi connectivity index (χ2v) is 7.45. The van der Waals surface area contributed by atoms with Crippen molar-refractivity contribution in [2.75, 3.05) is 27.7 Å². The van der Waals surface area contributed by atoms with Gasteiger partial charge in [0.15, 0.2) is 5.78 Å². The zero-order valence-electron chi connectivity index (χ0n) is 16.3. The maximum atomic E-state index is 13.4. The predicted molar refractivity (Wildman–Crippen MR) is 114 cm³/mol. The Bertz CT molecular complexity index is 784.